The zero-order valence-electron chi connectivity index (χ0n) is 12.5. The van der Waals surface area contributed by atoms with Crippen LogP contribution in [0.4, 0.5) is 13.2 Å². The first-order valence-electron chi connectivity index (χ1n) is 6.71. The minimum Gasteiger partial charge on any atom is -0.492 e. The number of rotatable bonds is 7. The monoisotopic (exact) mass is 319 g/mol. The summed E-state index contributed by atoms with van der Waals surface area (Å²) in [7, 11) is 3.24. The highest BCUT2D eigenvalue weighted by molar-refractivity contribution is 5.79. The topological polar surface area (TPSA) is 54.9 Å². The molecule has 2 N–H and O–H groups in total. The molecule has 0 saturated heterocycles. The first-order valence-corrected chi connectivity index (χ1v) is 6.71. The largest absolute Gasteiger partial charge is 0.492 e. The van der Waals surface area contributed by atoms with Crippen molar-refractivity contribution in [3.8, 4) is 5.75 Å². The van der Waals surface area contributed by atoms with Gasteiger partial charge in [-0.15, -0.1) is 0 Å². The van der Waals surface area contributed by atoms with E-state index in [4.69, 9.17) is 9.47 Å². The Balaban J connectivity index is 2.29. The van der Waals surface area contributed by atoms with E-state index in [2.05, 4.69) is 15.6 Å². The van der Waals surface area contributed by atoms with Crippen molar-refractivity contribution in [1.29, 1.82) is 0 Å². The van der Waals surface area contributed by atoms with Crippen LogP contribution < -0.4 is 15.4 Å². The number of nitrogens with zero attached hydrogens (tertiary/aromatic N) is 1. The number of nitrogens with one attached hydrogen (secondary N) is 2. The molecule has 0 atom stereocenters. The van der Waals surface area contributed by atoms with Crippen LogP contribution in [0.1, 0.15) is 5.56 Å². The van der Waals surface area contributed by atoms with Crippen molar-refractivity contribution in [2.75, 3.05) is 40.5 Å². The van der Waals surface area contributed by atoms with Crippen LogP contribution in [-0.4, -0.2) is 46.4 Å². The second-order valence-corrected chi connectivity index (χ2v) is 4.29. The molecule has 0 aromatic heterocycles. The van der Waals surface area contributed by atoms with Gasteiger partial charge in [-0.1, -0.05) is 0 Å². The van der Waals surface area contributed by atoms with Gasteiger partial charge in [0.1, 0.15) is 12.4 Å². The Morgan fingerprint density at radius 3 is 2.18 bits per heavy atom. The smallest absolute Gasteiger partial charge is 0.416 e. The minimum absolute atomic E-state index is 0.302. The van der Waals surface area contributed by atoms with E-state index in [1.807, 2.05) is 0 Å². The predicted molar refractivity (Wildman–Crippen MR) is 78.2 cm³/mol. The minimum atomic E-state index is -4.33. The molecule has 1 rings (SSSR count). The SMILES string of the molecule is CN=C(NCCOC)NCCOc1ccc(C(F)(F)F)cc1. The van der Waals surface area contributed by atoms with Gasteiger partial charge >= 0.3 is 6.18 Å². The number of benzene rings is 1. The Kier molecular flexibility index (Phi) is 7.51. The Hall–Kier alpha value is -1.96. The van der Waals surface area contributed by atoms with Gasteiger partial charge in [0.2, 0.25) is 0 Å². The summed E-state index contributed by atoms with van der Waals surface area (Å²) < 4.78 is 47.5. The van der Waals surface area contributed by atoms with Crippen LogP contribution in [-0.2, 0) is 10.9 Å². The Labute approximate surface area is 127 Å². The van der Waals surface area contributed by atoms with Crippen LogP contribution in [0.3, 0.4) is 0 Å². The highest BCUT2D eigenvalue weighted by Crippen LogP contribution is 2.30. The lowest BCUT2D eigenvalue weighted by atomic mass is 10.2. The Morgan fingerprint density at radius 1 is 1.09 bits per heavy atom. The van der Waals surface area contributed by atoms with Gasteiger partial charge < -0.3 is 20.1 Å². The molecule has 22 heavy (non-hydrogen) atoms. The first kappa shape index (κ1) is 18.1. The third kappa shape index (κ3) is 6.66. The van der Waals surface area contributed by atoms with Gasteiger partial charge in [0.05, 0.1) is 18.7 Å². The maximum Gasteiger partial charge on any atom is 0.416 e. The van der Waals surface area contributed by atoms with Gasteiger partial charge in [-0.05, 0) is 24.3 Å². The molecule has 0 amide bonds. The van der Waals surface area contributed by atoms with Crippen molar-refractivity contribution in [2.24, 2.45) is 4.99 Å². The number of halogens is 3. The van der Waals surface area contributed by atoms with E-state index in [0.29, 0.717) is 38.0 Å². The van der Waals surface area contributed by atoms with E-state index in [1.54, 1.807) is 14.2 Å². The van der Waals surface area contributed by atoms with Crippen LogP contribution in [0.2, 0.25) is 0 Å². The van der Waals surface area contributed by atoms with E-state index >= 15 is 0 Å². The Bertz CT molecular complexity index is 461. The number of aliphatic imine (C=N–C) groups is 1. The molecule has 0 bridgehead atoms. The summed E-state index contributed by atoms with van der Waals surface area (Å²) in [5.74, 6) is 0.991. The first-order chi connectivity index (χ1) is 10.5. The lowest BCUT2D eigenvalue weighted by Gasteiger charge is -2.12. The van der Waals surface area contributed by atoms with E-state index < -0.39 is 11.7 Å². The molecule has 124 valence electrons. The summed E-state index contributed by atoms with van der Waals surface area (Å²) in [6, 6.07) is 4.59. The molecule has 0 aliphatic rings. The number of hydrogen-bond donors (Lipinski definition) is 2. The molecule has 8 heteroatoms. The molecular formula is C14H20F3N3O2. The van der Waals surface area contributed by atoms with Crippen LogP contribution in [0.15, 0.2) is 29.3 Å². The lowest BCUT2D eigenvalue weighted by Crippen LogP contribution is -2.40. The van der Waals surface area contributed by atoms with Crippen molar-refractivity contribution >= 4 is 5.96 Å². The summed E-state index contributed by atoms with van der Waals surface area (Å²) in [6.45, 7) is 1.95. The van der Waals surface area contributed by atoms with Gasteiger partial charge in [-0.3, -0.25) is 4.99 Å². The van der Waals surface area contributed by atoms with E-state index in [9.17, 15) is 13.2 Å². The van der Waals surface area contributed by atoms with Gasteiger partial charge in [-0.2, -0.15) is 13.2 Å². The third-order valence-electron chi connectivity index (χ3n) is 2.67. The number of hydrogen-bond acceptors (Lipinski definition) is 3. The summed E-state index contributed by atoms with van der Waals surface area (Å²) in [6.07, 6.45) is -4.33. The fourth-order valence-electron chi connectivity index (χ4n) is 1.57. The maximum absolute atomic E-state index is 12.4. The number of ether oxygens (including phenoxy) is 2. The van der Waals surface area contributed by atoms with Gasteiger partial charge in [0.15, 0.2) is 5.96 Å². The molecule has 0 fully saturated rings. The van der Waals surface area contributed by atoms with E-state index in [1.165, 1.54) is 12.1 Å². The van der Waals surface area contributed by atoms with Crippen molar-refractivity contribution in [2.45, 2.75) is 6.18 Å². The molecule has 0 aliphatic carbocycles. The molecule has 1 aromatic rings. The number of alkyl halides is 3. The van der Waals surface area contributed by atoms with Crippen molar-refractivity contribution in [3.63, 3.8) is 0 Å². The van der Waals surface area contributed by atoms with Gasteiger partial charge in [-0.25, -0.2) is 0 Å². The molecular weight excluding hydrogens is 299 g/mol. The van der Waals surface area contributed by atoms with Crippen LogP contribution in [0.25, 0.3) is 0 Å². The predicted octanol–water partition coefficient (Wildman–Crippen LogP) is 1.90. The van der Waals surface area contributed by atoms with Crippen LogP contribution in [0, 0.1) is 0 Å². The second-order valence-electron chi connectivity index (χ2n) is 4.29. The molecule has 0 unspecified atom stereocenters. The van der Waals surface area contributed by atoms with Gasteiger partial charge in [0, 0.05) is 20.7 Å². The molecule has 0 radical (unpaired) electrons. The van der Waals surface area contributed by atoms with Crippen LogP contribution in [0.5, 0.6) is 5.75 Å². The van der Waals surface area contributed by atoms with Crippen molar-refractivity contribution in [3.05, 3.63) is 29.8 Å². The fraction of sp³-hybridized carbons (Fsp3) is 0.500. The van der Waals surface area contributed by atoms with E-state index in [0.717, 1.165) is 12.1 Å². The van der Waals surface area contributed by atoms with Crippen molar-refractivity contribution in [1.82, 2.24) is 10.6 Å². The summed E-state index contributed by atoms with van der Waals surface area (Å²) in [4.78, 5) is 4.00. The molecule has 0 heterocycles. The summed E-state index contributed by atoms with van der Waals surface area (Å²) in [5, 5.41) is 6.04. The molecule has 1 aromatic carbocycles. The average molecular weight is 319 g/mol. The van der Waals surface area contributed by atoms with Crippen LogP contribution >= 0.6 is 0 Å². The molecule has 0 spiro atoms. The average Bonchev–Trinajstić information content (AvgIpc) is 2.49. The number of methoxy groups -OCH3 is 1. The highest BCUT2D eigenvalue weighted by Gasteiger charge is 2.29. The van der Waals surface area contributed by atoms with Crippen molar-refractivity contribution < 1.29 is 22.6 Å². The summed E-state index contributed by atoms with van der Waals surface area (Å²) >= 11 is 0. The zero-order valence-corrected chi connectivity index (χ0v) is 12.5. The summed E-state index contributed by atoms with van der Waals surface area (Å²) in [5.41, 5.74) is -0.694. The maximum atomic E-state index is 12.4. The normalized spacial score (nSPS) is 12.1. The zero-order chi connectivity index (χ0) is 16.4. The lowest BCUT2D eigenvalue weighted by molar-refractivity contribution is -0.137. The molecule has 0 aliphatic heterocycles. The standard InChI is InChI=1S/C14H20F3N3O2/c1-18-13(19-7-9-21-2)20-8-10-22-12-5-3-11(4-6-12)14(15,16)17/h3-6H,7-10H2,1-2H3,(H2,18,19,20). The van der Waals surface area contributed by atoms with E-state index in [-0.39, 0.29) is 0 Å². The second kappa shape index (κ2) is 9.14. The molecule has 0 saturated carbocycles. The fourth-order valence-corrected chi connectivity index (χ4v) is 1.57. The number of guanidine groups is 1. The quantitative estimate of drug-likeness (QED) is 0.458. The Morgan fingerprint density at radius 2 is 1.68 bits per heavy atom. The van der Waals surface area contributed by atoms with Gasteiger partial charge in [0.25, 0.3) is 0 Å². The molecule has 5 nitrogen and oxygen atoms in total. The highest BCUT2D eigenvalue weighted by atomic mass is 19.4. The third-order valence-corrected chi connectivity index (χ3v) is 2.67.